The third-order valence-electron chi connectivity index (χ3n) is 3.30. The second-order valence-corrected chi connectivity index (χ2v) is 4.48. The van der Waals surface area contributed by atoms with Crippen LogP contribution in [0.4, 0.5) is 4.79 Å². The van der Waals surface area contributed by atoms with Gasteiger partial charge in [-0.05, 0) is 32.1 Å². The van der Waals surface area contributed by atoms with E-state index in [9.17, 15) is 9.59 Å². The molecule has 0 spiro atoms. The predicted octanol–water partition coefficient (Wildman–Crippen LogP) is 1.48. The molecule has 0 aliphatic carbocycles. The lowest BCUT2D eigenvalue weighted by molar-refractivity contribution is -0.117. The van der Waals surface area contributed by atoms with Crippen LogP contribution >= 0.6 is 11.6 Å². The number of hydrogen-bond acceptors (Lipinski definition) is 2. The van der Waals surface area contributed by atoms with Gasteiger partial charge >= 0.3 is 6.03 Å². The zero-order valence-electron chi connectivity index (χ0n) is 8.54. The molecule has 0 saturated carbocycles. The van der Waals surface area contributed by atoms with E-state index in [0.29, 0.717) is 12.1 Å². The Bertz CT molecular complexity index is 267. The van der Waals surface area contributed by atoms with Gasteiger partial charge in [0.1, 0.15) is 5.88 Å². The number of rotatable bonds is 1. The fourth-order valence-electron chi connectivity index (χ4n) is 2.67. The molecule has 2 atom stereocenters. The van der Waals surface area contributed by atoms with Crippen molar-refractivity contribution in [3.63, 3.8) is 0 Å². The van der Waals surface area contributed by atoms with E-state index in [4.69, 9.17) is 11.6 Å². The average Bonchev–Trinajstić information content (AvgIpc) is 2.49. The first-order valence-corrected chi connectivity index (χ1v) is 5.94. The first-order valence-electron chi connectivity index (χ1n) is 5.40. The van der Waals surface area contributed by atoms with Gasteiger partial charge in [0.15, 0.2) is 0 Å². The van der Waals surface area contributed by atoms with E-state index in [1.165, 1.54) is 6.42 Å². The van der Waals surface area contributed by atoms with Crippen molar-refractivity contribution in [2.75, 3.05) is 5.88 Å². The molecule has 5 heteroatoms. The van der Waals surface area contributed by atoms with Gasteiger partial charge in [0, 0.05) is 12.1 Å². The van der Waals surface area contributed by atoms with E-state index in [1.54, 1.807) is 0 Å². The number of halogens is 1. The van der Waals surface area contributed by atoms with Gasteiger partial charge in [-0.1, -0.05) is 0 Å². The number of fused-ring (bicyclic) bond motifs is 2. The zero-order valence-corrected chi connectivity index (χ0v) is 9.29. The number of amides is 3. The van der Waals surface area contributed by atoms with Crippen LogP contribution in [0.5, 0.6) is 0 Å². The van der Waals surface area contributed by atoms with Crippen LogP contribution in [0.25, 0.3) is 0 Å². The van der Waals surface area contributed by atoms with Crippen LogP contribution in [-0.2, 0) is 4.79 Å². The predicted molar refractivity (Wildman–Crippen MR) is 56.8 cm³/mol. The maximum absolute atomic E-state index is 11.8. The topological polar surface area (TPSA) is 49.4 Å². The number of nitrogens with one attached hydrogen (secondary N) is 1. The van der Waals surface area contributed by atoms with Crippen molar-refractivity contribution in [1.29, 1.82) is 0 Å². The average molecular weight is 231 g/mol. The summed E-state index contributed by atoms with van der Waals surface area (Å²) in [5, 5.41) is 2.32. The molecule has 1 N–H and O–H groups in total. The lowest BCUT2D eigenvalue weighted by Gasteiger charge is -2.34. The third-order valence-corrected chi connectivity index (χ3v) is 3.54. The largest absolute Gasteiger partial charge is 0.324 e. The molecule has 0 radical (unpaired) electrons. The molecule has 3 amide bonds. The third kappa shape index (κ3) is 2.09. The molecule has 2 saturated heterocycles. The van der Waals surface area contributed by atoms with Crippen LogP contribution in [-0.4, -0.2) is 34.8 Å². The van der Waals surface area contributed by atoms with E-state index in [-0.39, 0.29) is 11.9 Å². The maximum atomic E-state index is 11.8. The van der Waals surface area contributed by atoms with E-state index < -0.39 is 5.91 Å². The van der Waals surface area contributed by atoms with Gasteiger partial charge in [-0.25, -0.2) is 4.79 Å². The normalized spacial score (nSPS) is 29.0. The molecule has 2 fully saturated rings. The molecule has 2 bridgehead atoms. The van der Waals surface area contributed by atoms with Crippen LogP contribution in [0.2, 0.25) is 0 Å². The van der Waals surface area contributed by atoms with E-state index in [1.807, 2.05) is 4.90 Å². The number of piperidine rings is 1. The van der Waals surface area contributed by atoms with Crippen LogP contribution in [0.3, 0.4) is 0 Å². The molecule has 0 aromatic heterocycles. The molecule has 2 rings (SSSR count). The smallest absolute Gasteiger partial charge is 0.319 e. The molecule has 0 aromatic carbocycles. The van der Waals surface area contributed by atoms with Crippen molar-refractivity contribution in [1.82, 2.24) is 10.2 Å². The highest BCUT2D eigenvalue weighted by atomic mass is 35.5. The van der Waals surface area contributed by atoms with Gasteiger partial charge in [-0.2, -0.15) is 0 Å². The van der Waals surface area contributed by atoms with Crippen molar-refractivity contribution in [2.24, 2.45) is 0 Å². The van der Waals surface area contributed by atoms with E-state index in [0.717, 1.165) is 25.7 Å². The van der Waals surface area contributed by atoms with Gasteiger partial charge in [-0.3, -0.25) is 10.1 Å². The molecule has 2 unspecified atom stereocenters. The minimum absolute atomic E-state index is 0.158. The Labute approximate surface area is 93.9 Å². The summed E-state index contributed by atoms with van der Waals surface area (Å²) in [7, 11) is 0. The zero-order chi connectivity index (χ0) is 10.8. The molecular weight excluding hydrogens is 216 g/mol. The molecule has 2 heterocycles. The highest BCUT2D eigenvalue weighted by Gasteiger charge is 2.39. The second-order valence-electron chi connectivity index (χ2n) is 4.21. The Morgan fingerprint density at radius 2 is 1.80 bits per heavy atom. The van der Waals surface area contributed by atoms with Crippen molar-refractivity contribution in [2.45, 2.75) is 44.2 Å². The Morgan fingerprint density at radius 3 is 2.33 bits per heavy atom. The van der Waals surface area contributed by atoms with E-state index in [2.05, 4.69) is 5.32 Å². The molecule has 2 aliphatic rings. The standard InChI is InChI=1S/C10H15ClN2O2/c11-6-9(14)12-10(15)13-7-2-1-3-8(13)5-4-7/h7-8H,1-6H2,(H,12,14,15). The van der Waals surface area contributed by atoms with Crippen LogP contribution in [0.1, 0.15) is 32.1 Å². The Hall–Kier alpha value is -0.770. The number of nitrogens with zero attached hydrogens (tertiary/aromatic N) is 1. The quantitative estimate of drug-likeness (QED) is 0.694. The van der Waals surface area contributed by atoms with Crippen LogP contribution in [0, 0.1) is 0 Å². The lowest BCUT2D eigenvalue weighted by atomic mass is 10.0. The minimum atomic E-state index is -0.411. The fraction of sp³-hybridized carbons (Fsp3) is 0.800. The molecule has 84 valence electrons. The Balaban J connectivity index is 1.98. The van der Waals surface area contributed by atoms with Gasteiger partial charge in [0.25, 0.3) is 0 Å². The Kier molecular flexibility index (Phi) is 3.14. The highest BCUT2D eigenvalue weighted by Crippen LogP contribution is 2.35. The fourth-order valence-corrected chi connectivity index (χ4v) is 2.73. The summed E-state index contributed by atoms with van der Waals surface area (Å²) >= 11 is 5.34. The molecule has 4 nitrogen and oxygen atoms in total. The summed E-state index contributed by atoms with van der Waals surface area (Å²) in [4.78, 5) is 24.6. The van der Waals surface area contributed by atoms with Gasteiger partial charge in [-0.15, -0.1) is 11.6 Å². The van der Waals surface area contributed by atoms with Crippen molar-refractivity contribution in [3.05, 3.63) is 0 Å². The van der Waals surface area contributed by atoms with Crippen LogP contribution in [0.15, 0.2) is 0 Å². The molecule has 0 aromatic rings. The van der Waals surface area contributed by atoms with Crippen molar-refractivity contribution in [3.8, 4) is 0 Å². The van der Waals surface area contributed by atoms with E-state index >= 15 is 0 Å². The molecular formula is C10H15ClN2O2. The number of carbonyl (C=O) groups excluding carboxylic acids is 2. The summed E-state index contributed by atoms with van der Waals surface area (Å²) < 4.78 is 0. The van der Waals surface area contributed by atoms with Crippen molar-refractivity contribution >= 4 is 23.5 Å². The molecule has 15 heavy (non-hydrogen) atoms. The summed E-state index contributed by atoms with van der Waals surface area (Å²) in [6, 6.07) is 0.423. The summed E-state index contributed by atoms with van der Waals surface area (Å²) in [6.45, 7) is 0. The number of carbonyl (C=O) groups is 2. The summed E-state index contributed by atoms with van der Waals surface area (Å²) in [6.07, 6.45) is 5.49. The van der Waals surface area contributed by atoms with Gasteiger partial charge in [0.2, 0.25) is 5.91 Å². The highest BCUT2D eigenvalue weighted by molar-refractivity contribution is 6.28. The van der Waals surface area contributed by atoms with Crippen LogP contribution < -0.4 is 5.32 Å². The lowest BCUT2D eigenvalue weighted by Crippen LogP contribution is -2.50. The monoisotopic (exact) mass is 230 g/mol. The second kappa shape index (κ2) is 4.39. The first-order chi connectivity index (χ1) is 7.22. The van der Waals surface area contributed by atoms with Crippen molar-refractivity contribution < 1.29 is 9.59 Å². The maximum Gasteiger partial charge on any atom is 0.324 e. The number of hydrogen-bond donors (Lipinski definition) is 1. The SMILES string of the molecule is O=C(CCl)NC(=O)N1C2CCCC1CC2. The summed E-state index contributed by atoms with van der Waals surface area (Å²) in [5.41, 5.74) is 0. The molecule has 2 aliphatic heterocycles. The first kappa shape index (κ1) is 10.7. The number of alkyl halides is 1. The number of urea groups is 1. The van der Waals surface area contributed by atoms with Gasteiger partial charge in [0.05, 0.1) is 0 Å². The van der Waals surface area contributed by atoms with Gasteiger partial charge < -0.3 is 4.90 Å². The number of imide groups is 1. The summed E-state index contributed by atoms with van der Waals surface area (Å²) in [5.74, 6) is -0.568. The minimum Gasteiger partial charge on any atom is -0.319 e. The Morgan fingerprint density at radius 1 is 1.20 bits per heavy atom.